The van der Waals surface area contributed by atoms with E-state index in [2.05, 4.69) is 19.7 Å². The van der Waals surface area contributed by atoms with Gasteiger partial charge in [0.15, 0.2) is 6.29 Å². The minimum atomic E-state index is -0.281. The van der Waals surface area contributed by atoms with Gasteiger partial charge >= 0.3 is 5.97 Å². The molecular formula is C33H44O5. The smallest absolute Gasteiger partial charge is 0.330 e. The molecule has 1 N–H and O–H groups in total. The van der Waals surface area contributed by atoms with Gasteiger partial charge < -0.3 is 19.3 Å². The molecule has 2 saturated carbocycles. The summed E-state index contributed by atoms with van der Waals surface area (Å²) < 4.78 is 16.8. The molecule has 206 valence electrons. The number of rotatable bonds is 8. The van der Waals surface area contributed by atoms with Crippen molar-refractivity contribution in [2.75, 3.05) is 0 Å². The molecule has 0 radical (unpaired) electrons. The lowest BCUT2D eigenvalue weighted by molar-refractivity contribution is -0.144. The lowest BCUT2D eigenvalue weighted by Crippen LogP contribution is -2.26. The fourth-order valence-electron chi connectivity index (χ4n) is 4.38. The Morgan fingerprint density at radius 3 is 1.74 bits per heavy atom. The molecule has 1 atom stereocenters. The highest BCUT2D eigenvalue weighted by Gasteiger charge is 2.17. The number of ether oxygens (including phenoxy) is 3. The van der Waals surface area contributed by atoms with Crippen LogP contribution in [0.15, 0.2) is 74.3 Å². The maximum Gasteiger partial charge on any atom is 0.330 e. The zero-order chi connectivity index (χ0) is 27.6. The van der Waals surface area contributed by atoms with Gasteiger partial charge in [0, 0.05) is 6.08 Å². The van der Waals surface area contributed by atoms with E-state index in [1.807, 2.05) is 49.4 Å². The van der Waals surface area contributed by atoms with Crippen molar-refractivity contribution < 1.29 is 24.1 Å². The van der Waals surface area contributed by atoms with Crippen LogP contribution in [0.2, 0.25) is 0 Å². The van der Waals surface area contributed by atoms with Gasteiger partial charge in [-0.3, -0.25) is 0 Å². The number of aromatic hydroxyl groups is 1. The third kappa shape index (κ3) is 12.8. The molecular weight excluding hydrogens is 476 g/mol. The molecule has 2 aliphatic carbocycles. The molecule has 2 aromatic carbocycles. The maximum absolute atomic E-state index is 10.7. The van der Waals surface area contributed by atoms with Gasteiger partial charge in [0.2, 0.25) is 0 Å². The lowest BCUT2D eigenvalue weighted by atomic mass is 9.98. The minimum absolute atomic E-state index is 0.161. The molecule has 5 heteroatoms. The standard InChI is InChI=1S/C16H22O2.C9H14O2.C8H8O/c1-3-14-9-11-16(12-10-14)18-13(2)17-15-7-5-4-6-8-15;1-2-9(10)11-8-6-4-3-5-7-8;1-2-7-3-5-8(9)6-4-7/h3,9-13,15H,1,4-8H2,2H3;2,8H,1,3-7H2;2-6,9H,1H2. The predicted octanol–water partition coefficient (Wildman–Crippen LogP) is 8.49. The second-order valence-electron chi connectivity index (χ2n) is 9.55. The van der Waals surface area contributed by atoms with E-state index >= 15 is 0 Å². The number of carbonyl (C=O) groups is 1. The van der Waals surface area contributed by atoms with E-state index in [4.69, 9.17) is 19.3 Å². The molecule has 0 bridgehead atoms. The first-order valence-electron chi connectivity index (χ1n) is 13.7. The van der Waals surface area contributed by atoms with Crippen LogP contribution in [-0.4, -0.2) is 29.6 Å². The highest BCUT2D eigenvalue weighted by atomic mass is 16.7. The Morgan fingerprint density at radius 2 is 1.26 bits per heavy atom. The van der Waals surface area contributed by atoms with Gasteiger partial charge in [0.1, 0.15) is 17.6 Å². The van der Waals surface area contributed by atoms with E-state index < -0.39 is 0 Å². The summed E-state index contributed by atoms with van der Waals surface area (Å²) in [6, 6.07) is 14.8. The molecule has 4 rings (SSSR count). The van der Waals surface area contributed by atoms with E-state index in [0.717, 1.165) is 29.7 Å². The van der Waals surface area contributed by atoms with Crippen LogP contribution < -0.4 is 4.74 Å². The molecule has 5 nitrogen and oxygen atoms in total. The minimum Gasteiger partial charge on any atom is -0.508 e. The Balaban J connectivity index is 0.000000217. The van der Waals surface area contributed by atoms with Gasteiger partial charge in [-0.25, -0.2) is 4.79 Å². The number of esters is 1. The maximum atomic E-state index is 10.7. The van der Waals surface area contributed by atoms with Gasteiger partial charge in [-0.15, -0.1) is 0 Å². The zero-order valence-electron chi connectivity index (χ0n) is 22.9. The van der Waals surface area contributed by atoms with Crippen molar-refractivity contribution in [3.8, 4) is 11.5 Å². The first-order valence-corrected chi connectivity index (χ1v) is 13.7. The SMILES string of the molecule is C=CC(=O)OC1CCCCC1.C=Cc1ccc(O)cc1.C=Cc1ccc(OC(C)OC2CCCCC2)cc1. The summed E-state index contributed by atoms with van der Waals surface area (Å²) in [6.45, 7) is 12.6. The number of phenolic OH excluding ortho intramolecular Hbond substituents is 1. The van der Waals surface area contributed by atoms with Gasteiger partial charge in [0.05, 0.1) is 6.10 Å². The lowest BCUT2D eigenvalue weighted by Gasteiger charge is -2.26. The summed E-state index contributed by atoms with van der Waals surface area (Å²) in [5.41, 5.74) is 2.12. The third-order valence-electron chi connectivity index (χ3n) is 6.48. The van der Waals surface area contributed by atoms with Crippen LogP contribution in [0.25, 0.3) is 12.2 Å². The van der Waals surface area contributed by atoms with Crippen LogP contribution in [-0.2, 0) is 14.3 Å². The molecule has 0 heterocycles. The molecule has 1 unspecified atom stereocenters. The summed E-state index contributed by atoms with van der Waals surface area (Å²) in [5.74, 6) is 0.862. The largest absolute Gasteiger partial charge is 0.508 e. The molecule has 0 spiro atoms. The number of phenols is 1. The number of benzene rings is 2. The van der Waals surface area contributed by atoms with E-state index in [9.17, 15) is 4.79 Å². The average molecular weight is 521 g/mol. The van der Waals surface area contributed by atoms with Crippen molar-refractivity contribution in [2.24, 2.45) is 0 Å². The molecule has 38 heavy (non-hydrogen) atoms. The van der Waals surface area contributed by atoms with Gasteiger partial charge in [-0.05, 0) is 80.8 Å². The molecule has 0 saturated heterocycles. The van der Waals surface area contributed by atoms with Crippen LogP contribution in [0.1, 0.15) is 82.3 Å². The van der Waals surface area contributed by atoms with E-state index in [1.165, 1.54) is 57.4 Å². The van der Waals surface area contributed by atoms with E-state index in [-0.39, 0.29) is 18.4 Å². The van der Waals surface area contributed by atoms with Crippen molar-refractivity contribution in [1.82, 2.24) is 0 Å². The molecule has 2 aromatic rings. The highest BCUT2D eigenvalue weighted by molar-refractivity contribution is 5.81. The normalized spacial score (nSPS) is 16.3. The quantitative estimate of drug-likeness (QED) is 0.215. The van der Waals surface area contributed by atoms with Gasteiger partial charge in [-0.2, -0.15) is 0 Å². The van der Waals surface area contributed by atoms with Crippen LogP contribution in [0.4, 0.5) is 0 Å². The van der Waals surface area contributed by atoms with Crippen LogP contribution in [0, 0.1) is 0 Å². The van der Waals surface area contributed by atoms with E-state index in [0.29, 0.717) is 11.9 Å². The molecule has 0 aromatic heterocycles. The molecule has 2 fully saturated rings. The van der Waals surface area contributed by atoms with Crippen LogP contribution in [0.3, 0.4) is 0 Å². The average Bonchev–Trinajstić information content (AvgIpc) is 2.95. The predicted molar refractivity (Wildman–Crippen MR) is 156 cm³/mol. The first kappa shape index (κ1) is 30.9. The van der Waals surface area contributed by atoms with Crippen molar-refractivity contribution in [2.45, 2.75) is 89.6 Å². The van der Waals surface area contributed by atoms with Crippen molar-refractivity contribution in [3.63, 3.8) is 0 Å². The number of carbonyl (C=O) groups excluding carboxylic acids is 1. The molecule has 0 aliphatic heterocycles. The summed E-state index contributed by atoms with van der Waals surface area (Å²) in [4.78, 5) is 10.7. The summed E-state index contributed by atoms with van der Waals surface area (Å²) in [7, 11) is 0. The number of hydrogen-bond acceptors (Lipinski definition) is 5. The second kappa shape index (κ2) is 18.0. The molecule has 0 amide bonds. The summed E-state index contributed by atoms with van der Waals surface area (Å²) in [5, 5.41) is 8.82. The van der Waals surface area contributed by atoms with Crippen LogP contribution >= 0.6 is 0 Å². The highest BCUT2D eigenvalue weighted by Crippen LogP contribution is 2.23. The van der Waals surface area contributed by atoms with E-state index in [1.54, 1.807) is 18.2 Å². The Labute approximate surface area is 228 Å². The van der Waals surface area contributed by atoms with Crippen molar-refractivity contribution >= 4 is 18.1 Å². The number of hydrogen-bond donors (Lipinski definition) is 1. The Bertz CT molecular complexity index is 952. The molecule has 2 aliphatic rings. The van der Waals surface area contributed by atoms with Crippen molar-refractivity contribution in [3.05, 3.63) is 85.5 Å². The second-order valence-corrected chi connectivity index (χ2v) is 9.55. The Hall–Kier alpha value is -3.31. The van der Waals surface area contributed by atoms with Gasteiger partial charge in [-0.1, -0.05) is 81.8 Å². The fourth-order valence-corrected chi connectivity index (χ4v) is 4.38. The topological polar surface area (TPSA) is 65.0 Å². The van der Waals surface area contributed by atoms with Gasteiger partial charge in [0.25, 0.3) is 0 Å². The Kier molecular flexibility index (Phi) is 14.7. The monoisotopic (exact) mass is 520 g/mol. The Morgan fingerprint density at radius 1 is 0.789 bits per heavy atom. The van der Waals surface area contributed by atoms with Crippen LogP contribution in [0.5, 0.6) is 11.5 Å². The first-order chi connectivity index (χ1) is 18.4. The zero-order valence-corrected chi connectivity index (χ0v) is 22.9. The third-order valence-corrected chi connectivity index (χ3v) is 6.48. The van der Waals surface area contributed by atoms with Crippen molar-refractivity contribution in [1.29, 1.82) is 0 Å². The fraction of sp³-hybridized carbons (Fsp3) is 0.424. The summed E-state index contributed by atoms with van der Waals surface area (Å²) in [6.07, 6.45) is 17.1. The summed E-state index contributed by atoms with van der Waals surface area (Å²) >= 11 is 0.